The van der Waals surface area contributed by atoms with Crippen molar-refractivity contribution in [3.05, 3.63) is 17.5 Å². The molecule has 0 amide bonds. The molecule has 0 aromatic carbocycles. The normalized spacial score (nSPS) is 22.3. The van der Waals surface area contributed by atoms with Gasteiger partial charge in [-0.2, -0.15) is 5.26 Å². The molecule has 0 spiro atoms. The summed E-state index contributed by atoms with van der Waals surface area (Å²) in [6.07, 6.45) is 5.33. The molecule has 1 saturated carbocycles. The summed E-state index contributed by atoms with van der Waals surface area (Å²) in [6, 6.07) is 4.63. The van der Waals surface area contributed by atoms with Crippen LogP contribution in [-0.4, -0.2) is 28.6 Å². The lowest BCUT2D eigenvalue weighted by Gasteiger charge is -2.36. The Morgan fingerprint density at radius 2 is 2.05 bits per heavy atom. The topological polar surface area (TPSA) is 78.8 Å². The van der Waals surface area contributed by atoms with E-state index in [0.717, 1.165) is 44.3 Å². The van der Waals surface area contributed by atoms with Crippen LogP contribution in [0.15, 0.2) is 6.07 Å². The molecule has 2 N–H and O–H groups in total. The summed E-state index contributed by atoms with van der Waals surface area (Å²) in [4.78, 5) is 11.2. The minimum atomic E-state index is 0.336. The number of aromatic nitrogens is 2. The third kappa shape index (κ3) is 3.45. The highest BCUT2D eigenvalue weighted by atomic mass is 15.3. The highest BCUT2D eigenvalue weighted by Crippen LogP contribution is 2.25. The van der Waals surface area contributed by atoms with E-state index >= 15 is 0 Å². The quantitative estimate of drug-likeness (QED) is 0.909. The summed E-state index contributed by atoms with van der Waals surface area (Å²) in [5.74, 6) is 0.698. The number of nitrogens with two attached hydrogens (primary N) is 1. The Kier molecular flexibility index (Phi) is 4.91. The largest absolute Gasteiger partial charge is 0.338 e. The summed E-state index contributed by atoms with van der Waals surface area (Å²) < 4.78 is 0. The van der Waals surface area contributed by atoms with Crippen LogP contribution < -0.4 is 10.6 Å². The fourth-order valence-electron chi connectivity index (χ4n) is 2.84. The van der Waals surface area contributed by atoms with Crippen LogP contribution in [-0.2, 0) is 0 Å². The molecule has 0 atom stereocenters. The maximum atomic E-state index is 9.07. The van der Waals surface area contributed by atoms with Gasteiger partial charge in [0.2, 0.25) is 5.95 Å². The van der Waals surface area contributed by atoms with Crippen molar-refractivity contribution in [2.75, 3.05) is 11.4 Å². The van der Waals surface area contributed by atoms with Crippen molar-refractivity contribution in [1.29, 1.82) is 5.26 Å². The van der Waals surface area contributed by atoms with Gasteiger partial charge in [-0.15, -0.1) is 0 Å². The van der Waals surface area contributed by atoms with Crippen molar-refractivity contribution in [1.82, 2.24) is 9.97 Å². The summed E-state index contributed by atoms with van der Waals surface area (Å²) in [7, 11) is 0. The first-order valence-electron chi connectivity index (χ1n) is 7.42. The van der Waals surface area contributed by atoms with Crippen molar-refractivity contribution in [2.45, 2.75) is 58.0 Å². The second-order valence-corrected chi connectivity index (χ2v) is 5.57. The van der Waals surface area contributed by atoms with Gasteiger partial charge in [-0.3, -0.25) is 0 Å². The Bertz CT molecular complexity index is 486. The standard InChI is InChI=1S/C15H23N5/c1-3-8-20(14-6-4-12(17)5-7-14)15-18-11(2)9-13(10-16)19-15/h9,12,14H,3-8,17H2,1-2H3. The lowest BCUT2D eigenvalue weighted by atomic mass is 9.91. The van der Waals surface area contributed by atoms with Gasteiger partial charge in [0.25, 0.3) is 0 Å². The Morgan fingerprint density at radius 1 is 1.35 bits per heavy atom. The van der Waals surface area contributed by atoms with E-state index in [1.807, 2.05) is 6.92 Å². The number of anilines is 1. The zero-order valence-corrected chi connectivity index (χ0v) is 12.3. The minimum absolute atomic E-state index is 0.336. The SMILES string of the molecule is CCCN(c1nc(C)cc(C#N)n1)C1CCC(N)CC1. The molecule has 20 heavy (non-hydrogen) atoms. The van der Waals surface area contributed by atoms with Gasteiger partial charge in [0.05, 0.1) is 0 Å². The maximum absolute atomic E-state index is 9.07. The summed E-state index contributed by atoms with van der Waals surface area (Å²) in [5, 5.41) is 9.07. The van der Waals surface area contributed by atoms with E-state index in [9.17, 15) is 0 Å². The zero-order chi connectivity index (χ0) is 14.5. The second-order valence-electron chi connectivity index (χ2n) is 5.57. The number of hydrogen-bond donors (Lipinski definition) is 1. The molecule has 1 aromatic rings. The third-order valence-electron chi connectivity index (χ3n) is 3.86. The van der Waals surface area contributed by atoms with Crippen LogP contribution in [0, 0.1) is 18.3 Å². The van der Waals surface area contributed by atoms with E-state index in [0.29, 0.717) is 23.7 Å². The van der Waals surface area contributed by atoms with Gasteiger partial charge in [0, 0.05) is 24.3 Å². The van der Waals surface area contributed by atoms with Crippen LogP contribution in [0.2, 0.25) is 0 Å². The second kappa shape index (κ2) is 6.67. The van der Waals surface area contributed by atoms with Gasteiger partial charge in [0.1, 0.15) is 11.8 Å². The molecular weight excluding hydrogens is 250 g/mol. The molecule has 5 nitrogen and oxygen atoms in total. The molecular formula is C15H23N5. The molecule has 5 heteroatoms. The fourth-order valence-corrected chi connectivity index (χ4v) is 2.84. The first-order valence-corrected chi connectivity index (χ1v) is 7.42. The number of rotatable bonds is 4. The first kappa shape index (κ1) is 14.7. The lowest BCUT2D eigenvalue weighted by molar-refractivity contribution is 0.372. The predicted molar refractivity (Wildman–Crippen MR) is 79.4 cm³/mol. The predicted octanol–water partition coefficient (Wildman–Crippen LogP) is 2.14. The van der Waals surface area contributed by atoms with Crippen molar-refractivity contribution in [2.24, 2.45) is 5.73 Å². The van der Waals surface area contributed by atoms with Crippen molar-refractivity contribution in [3.63, 3.8) is 0 Å². The molecule has 1 fully saturated rings. The van der Waals surface area contributed by atoms with Gasteiger partial charge < -0.3 is 10.6 Å². The van der Waals surface area contributed by atoms with Gasteiger partial charge in [-0.05, 0) is 45.1 Å². The minimum Gasteiger partial charge on any atom is -0.338 e. The highest BCUT2D eigenvalue weighted by Gasteiger charge is 2.25. The summed E-state index contributed by atoms with van der Waals surface area (Å²) in [6.45, 7) is 4.99. The Labute approximate surface area is 120 Å². The van der Waals surface area contributed by atoms with Crippen molar-refractivity contribution < 1.29 is 0 Å². The third-order valence-corrected chi connectivity index (χ3v) is 3.86. The van der Waals surface area contributed by atoms with Crippen molar-refractivity contribution >= 4 is 5.95 Å². The van der Waals surface area contributed by atoms with Gasteiger partial charge in [0.15, 0.2) is 0 Å². The molecule has 2 rings (SSSR count). The molecule has 0 saturated heterocycles. The molecule has 108 valence electrons. The lowest BCUT2D eigenvalue weighted by Crippen LogP contribution is -2.42. The van der Waals surface area contributed by atoms with Crippen LogP contribution in [0.1, 0.15) is 50.4 Å². The van der Waals surface area contributed by atoms with Gasteiger partial charge >= 0.3 is 0 Å². The average molecular weight is 273 g/mol. The number of nitriles is 1. The van der Waals surface area contributed by atoms with Crippen LogP contribution in [0.3, 0.4) is 0 Å². The molecule has 1 aliphatic rings. The highest BCUT2D eigenvalue weighted by molar-refractivity contribution is 5.37. The number of aryl methyl sites for hydroxylation is 1. The Balaban J connectivity index is 2.24. The molecule has 0 radical (unpaired) electrons. The number of hydrogen-bond acceptors (Lipinski definition) is 5. The van der Waals surface area contributed by atoms with Crippen LogP contribution >= 0.6 is 0 Å². The zero-order valence-electron chi connectivity index (χ0n) is 12.3. The van der Waals surface area contributed by atoms with Crippen LogP contribution in [0.4, 0.5) is 5.95 Å². The van der Waals surface area contributed by atoms with Gasteiger partial charge in [-0.1, -0.05) is 6.92 Å². The Morgan fingerprint density at radius 3 is 2.65 bits per heavy atom. The van der Waals surface area contributed by atoms with E-state index in [-0.39, 0.29) is 0 Å². The van der Waals surface area contributed by atoms with E-state index < -0.39 is 0 Å². The molecule has 0 unspecified atom stereocenters. The van der Waals surface area contributed by atoms with Crippen LogP contribution in [0.25, 0.3) is 0 Å². The average Bonchev–Trinajstić information content (AvgIpc) is 2.45. The Hall–Kier alpha value is -1.67. The molecule has 1 aromatic heterocycles. The molecule has 0 aliphatic heterocycles. The molecule has 1 aliphatic carbocycles. The van der Waals surface area contributed by atoms with Crippen LogP contribution in [0.5, 0.6) is 0 Å². The monoisotopic (exact) mass is 273 g/mol. The molecule has 1 heterocycles. The first-order chi connectivity index (χ1) is 9.63. The van der Waals surface area contributed by atoms with Gasteiger partial charge in [-0.25, -0.2) is 9.97 Å². The summed E-state index contributed by atoms with van der Waals surface area (Å²) >= 11 is 0. The molecule has 0 bridgehead atoms. The maximum Gasteiger partial charge on any atom is 0.227 e. The van der Waals surface area contributed by atoms with E-state index in [4.69, 9.17) is 11.0 Å². The smallest absolute Gasteiger partial charge is 0.227 e. The van der Waals surface area contributed by atoms with Crippen molar-refractivity contribution in [3.8, 4) is 6.07 Å². The van der Waals surface area contributed by atoms with E-state index in [1.165, 1.54) is 0 Å². The fraction of sp³-hybridized carbons (Fsp3) is 0.667. The van der Waals surface area contributed by atoms with E-state index in [1.54, 1.807) is 6.07 Å². The summed E-state index contributed by atoms with van der Waals surface area (Å²) in [5.41, 5.74) is 7.28. The number of nitrogens with zero attached hydrogens (tertiary/aromatic N) is 4. The van der Waals surface area contributed by atoms with E-state index in [2.05, 4.69) is 27.9 Å².